The summed E-state index contributed by atoms with van der Waals surface area (Å²) in [6.45, 7) is 2.23. The number of unbranched alkanes of at least 4 members (excludes halogenated alkanes) is 8. The molecule has 1 aliphatic rings. The lowest BCUT2D eigenvalue weighted by atomic mass is 9.88. The van der Waals surface area contributed by atoms with Crippen LogP contribution < -0.4 is 0 Å². The second kappa shape index (κ2) is 10.2. The number of carbonyl (C=O) groups is 1. The molecule has 1 atom stereocenters. The minimum absolute atomic E-state index is 0.0181. The van der Waals surface area contributed by atoms with Crippen LogP contribution in [0.15, 0.2) is 0 Å². The molecule has 0 spiro atoms. The monoisotopic (exact) mass is 284 g/mol. The van der Waals surface area contributed by atoms with Gasteiger partial charge in [-0.1, -0.05) is 58.3 Å². The van der Waals surface area contributed by atoms with Crippen LogP contribution in [0.25, 0.3) is 0 Å². The number of esters is 1. The average molecular weight is 284 g/mol. The van der Waals surface area contributed by atoms with E-state index in [9.17, 15) is 9.90 Å². The molecule has 1 rings (SSSR count). The Morgan fingerprint density at radius 1 is 1.05 bits per heavy atom. The van der Waals surface area contributed by atoms with Gasteiger partial charge >= 0.3 is 5.97 Å². The molecular formula is C17H32O3. The first-order valence-electron chi connectivity index (χ1n) is 8.55. The molecule has 1 saturated heterocycles. The topological polar surface area (TPSA) is 46.5 Å². The highest BCUT2D eigenvalue weighted by molar-refractivity contribution is 5.70. The third-order valence-electron chi connectivity index (χ3n) is 4.37. The van der Waals surface area contributed by atoms with Crippen molar-refractivity contribution in [2.75, 3.05) is 6.61 Å². The first kappa shape index (κ1) is 17.5. The van der Waals surface area contributed by atoms with E-state index < -0.39 is 5.60 Å². The van der Waals surface area contributed by atoms with Crippen molar-refractivity contribution < 1.29 is 14.6 Å². The first-order valence-corrected chi connectivity index (χ1v) is 8.55. The van der Waals surface area contributed by atoms with Crippen molar-refractivity contribution in [1.82, 2.24) is 0 Å². The molecule has 3 nitrogen and oxygen atoms in total. The van der Waals surface area contributed by atoms with Crippen LogP contribution in [-0.4, -0.2) is 23.3 Å². The summed E-state index contributed by atoms with van der Waals surface area (Å²) in [6.07, 6.45) is 14.6. The Bertz CT molecular complexity index is 265. The molecule has 0 aliphatic carbocycles. The lowest BCUT2D eigenvalue weighted by Gasteiger charge is -2.35. The van der Waals surface area contributed by atoms with Gasteiger partial charge in [-0.3, -0.25) is 4.79 Å². The van der Waals surface area contributed by atoms with Gasteiger partial charge in [-0.2, -0.15) is 0 Å². The predicted molar refractivity (Wildman–Crippen MR) is 81.6 cm³/mol. The maximum absolute atomic E-state index is 11.4. The first-order chi connectivity index (χ1) is 9.72. The van der Waals surface area contributed by atoms with Crippen molar-refractivity contribution in [2.24, 2.45) is 0 Å². The van der Waals surface area contributed by atoms with Crippen LogP contribution in [0.2, 0.25) is 0 Å². The molecule has 0 bridgehead atoms. The molecule has 0 aromatic heterocycles. The molecule has 3 heteroatoms. The Labute approximate surface area is 124 Å². The van der Waals surface area contributed by atoms with E-state index in [1.807, 2.05) is 0 Å². The number of rotatable bonds is 11. The van der Waals surface area contributed by atoms with Crippen molar-refractivity contribution in [3.8, 4) is 0 Å². The third-order valence-corrected chi connectivity index (χ3v) is 4.37. The molecule has 0 aromatic carbocycles. The molecule has 1 fully saturated rings. The number of aliphatic hydroxyl groups excluding tert-OH is 1. The number of ether oxygens (including phenoxy) is 1. The van der Waals surface area contributed by atoms with Gasteiger partial charge in [0, 0.05) is 6.42 Å². The number of aliphatic hydroxyl groups is 1. The molecule has 1 heterocycles. The fourth-order valence-electron chi connectivity index (χ4n) is 3.02. The van der Waals surface area contributed by atoms with E-state index in [0.717, 1.165) is 25.7 Å². The Balaban J connectivity index is 2.03. The van der Waals surface area contributed by atoms with Crippen LogP contribution >= 0.6 is 0 Å². The maximum Gasteiger partial charge on any atom is 0.306 e. The minimum atomic E-state index is -0.559. The van der Waals surface area contributed by atoms with Gasteiger partial charge in [-0.25, -0.2) is 0 Å². The molecule has 0 aromatic rings. The average Bonchev–Trinajstić information content (AvgIpc) is 2.45. The third kappa shape index (κ3) is 6.74. The highest BCUT2D eigenvalue weighted by Gasteiger charge is 2.36. The van der Waals surface area contributed by atoms with Gasteiger partial charge in [-0.15, -0.1) is 0 Å². The SMILES string of the molecule is CCCCCCCCCCC[C@]1(CO)CCCC(=O)O1. The van der Waals surface area contributed by atoms with Gasteiger partial charge < -0.3 is 9.84 Å². The molecule has 1 N–H and O–H groups in total. The summed E-state index contributed by atoms with van der Waals surface area (Å²) in [6, 6.07) is 0. The molecular weight excluding hydrogens is 252 g/mol. The van der Waals surface area contributed by atoms with Crippen molar-refractivity contribution in [2.45, 2.75) is 96.0 Å². The van der Waals surface area contributed by atoms with E-state index in [0.29, 0.717) is 6.42 Å². The van der Waals surface area contributed by atoms with Crippen LogP contribution in [0.4, 0.5) is 0 Å². The van der Waals surface area contributed by atoms with Crippen molar-refractivity contribution in [3.05, 3.63) is 0 Å². The second-order valence-corrected chi connectivity index (χ2v) is 6.25. The van der Waals surface area contributed by atoms with Crippen LogP contribution in [0, 0.1) is 0 Å². The van der Waals surface area contributed by atoms with E-state index in [1.165, 1.54) is 51.4 Å². The maximum atomic E-state index is 11.4. The molecule has 0 saturated carbocycles. The largest absolute Gasteiger partial charge is 0.457 e. The van der Waals surface area contributed by atoms with Crippen molar-refractivity contribution in [3.63, 3.8) is 0 Å². The van der Waals surface area contributed by atoms with E-state index in [1.54, 1.807) is 0 Å². The van der Waals surface area contributed by atoms with Gasteiger partial charge in [0.1, 0.15) is 5.60 Å². The summed E-state index contributed by atoms with van der Waals surface area (Å²) in [5, 5.41) is 9.51. The summed E-state index contributed by atoms with van der Waals surface area (Å²) in [4.78, 5) is 11.4. The lowest BCUT2D eigenvalue weighted by Crippen LogP contribution is -2.42. The number of hydrogen-bond acceptors (Lipinski definition) is 3. The van der Waals surface area contributed by atoms with Gasteiger partial charge in [0.25, 0.3) is 0 Å². The van der Waals surface area contributed by atoms with Crippen LogP contribution in [0.3, 0.4) is 0 Å². The van der Waals surface area contributed by atoms with Crippen LogP contribution in [0.5, 0.6) is 0 Å². The summed E-state index contributed by atoms with van der Waals surface area (Å²) >= 11 is 0. The zero-order chi connectivity index (χ0) is 14.7. The van der Waals surface area contributed by atoms with E-state index in [4.69, 9.17) is 4.74 Å². The van der Waals surface area contributed by atoms with Gasteiger partial charge in [0.15, 0.2) is 0 Å². The highest BCUT2D eigenvalue weighted by Crippen LogP contribution is 2.30. The second-order valence-electron chi connectivity index (χ2n) is 6.25. The molecule has 0 radical (unpaired) electrons. The fraction of sp³-hybridized carbons (Fsp3) is 0.941. The molecule has 1 aliphatic heterocycles. The Morgan fingerprint density at radius 3 is 2.20 bits per heavy atom. The molecule has 0 amide bonds. The van der Waals surface area contributed by atoms with Crippen LogP contribution in [0.1, 0.15) is 90.4 Å². The molecule has 20 heavy (non-hydrogen) atoms. The van der Waals surface area contributed by atoms with Crippen LogP contribution in [-0.2, 0) is 9.53 Å². The molecule has 0 unspecified atom stereocenters. The van der Waals surface area contributed by atoms with E-state index in [-0.39, 0.29) is 12.6 Å². The zero-order valence-electron chi connectivity index (χ0n) is 13.2. The molecule has 118 valence electrons. The highest BCUT2D eigenvalue weighted by atomic mass is 16.6. The predicted octanol–water partition coefficient (Wildman–Crippen LogP) is 4.37. The van der Waals surface area contributed by atoms with Gasteiger partial charge in [0.05, 0.1) is 6.61 Å². The minimum Gasteiger partial charge on any atom is -0.457 e. The summed E-state index contributed by atoms with van der Waals surface area (Å²) in [5.74, 6) is -0.138. The normalized spacial score (nSPS) is 22.8. The fourth-order valence-corrected chi connectivity index (χ4v) is 3.02. The lowest BCUT2D eigenvalue weighted by molar-refractivity contribution is -0.174. The standard InChI is InChI=1S/C17H32O3/c1-2-3-4-5-6-7-8-9-10-13-17(15-18)14-11-12-16(19)20-17/h18H,2-15H2,1H3/t17-/m1/s1. The quantitative estimate of drug-likeness (QED) is 0.453. The van der Waals surface area contributed by atoms with E-state index in [2.05, 4.69) is 6.92 Å². The number of cyclic esters (lactones) is 1. The number of carbonyl (C=O) groups excluding carboxylic acids is 1. The summed E-state index contributed by atoms with van der Waals surface area (Å²) < 4.78 is 5.41. The Morgan fingerprint density at radius 2 is 1.65 bits per heavy atom. The summed E-state index contributed by atoms with van der Waals surface area (Å²) in [5.41, 5.74) is -0.559. The van der Waals surface area contributed by atoms with Crippen molar-refractivity contribution in [1.29, 1.82) is 0 Å². The van der Waals surface area contributed by atoms with Gasteiger partial charge in [0.2, 0.25) is 0 Å². The van der Waals surface area contributed by atoms with E-state index >= 15 is 0 Å². The summed E-state index contributed by atoms with van der Waals surface area (Å²) in [7, 11) is 0. The number of hydrogen-bond donors (Lipinski definition) is 1. The zero-order valence-corrected chi connectivity index (χ0v) is 13.2. The van der Waals surface area contributed by atoms with Gasteiger partial charge in [-0.05, 0) is 25.7 Å². The smallest absolute Gasteiger partial charge is 0.306 e. The Hall–Kier alpha value is -0.570. The Kier molecular flexibility index (Phi) is 8.92. The van der Waals surface area contributed by atoms with Crippen molar-refractivity contribution >= 4 is 5.97 Å².